The summed E-state index contributed by atoms with van der Waals surface area (Å²) in [4.78, 5) is 14.1. The molecular formula is C21H34IN5. The molecule has 150 valence electrons. The van der Waals surface area contributed by atoms with Crippen LogP contribution in [0.1, 0.15) is 56.9 Å². The summed E-state index contributed by atoms with van der Waals surface area (Å²) in [5, 5.41) is 3.56. The second kappa shape index (κ2) is 9.43. The summed E-state index contributed by atoms with van der Waals surface area (Å²) >= 11 is 0. The number of guanidine groups is 1. The number of rotatable bonds is 3. The van der Waals surface area contributed by atoms with E-state index in [4.69, 9.17) is 0 Å². The zero-order valence-electron chi connectivity index (χ0n) is 16.6. The van der Waals surface area contributed by atoms with E-state index in [1.165, 1.54) is 63.5 Å². The van der Waals surface area contributed by atoms with E-state index >= 15 is 0 Å². The molecule has 0 atom stereocenters. The number of anilines is 1. The standard InChI is InChI=1S/C21H33N5.HI/c1-22-20(26-14-11-21(17-26)9-3-2-4-10-21)24-16-18-7-8-19(23-15-18)25-12-5-6-13-25;/h7-8,15H,2-6,9-14,16-17H2,1H3,(H,22,24);1H. The van der Waals surface area contributed by atoms with Gasteiger partial charge >= 0.3 is 0 Å². The molecule has 2 saturated heterocycles. The van der Waals surface area contributed by atoms with Gasteiger partial charge in [0.1, 0.15) is 5.82 Å². The lowest BCUT2D eigenvalue weighted by Gasteiger charge is -2.33. The Morgan fingerprint density at radius 1 is 1.07 bits per heavy atom. The lowest BCUT2D eigenvalue weighted by molar-refractivity contribution is 0.203. The molecule has 3 heterocycles. The zero-order valence-corrected chi connectivity index (χ0v) is 19.0. The monoisotopic (exact) mass is 483 g/mol. The minimum absolute atomic E-state index is 0. The number of hydrogen-bond acceptors (Lipinski definition) is 3. The molecule has 2 aliphatic heterocycles. The highest BCUT2D eigenvalue weighted by molar-refractivity contribution is 14.0. The molecule has 4 rings (SSSR count). The topological polar surface area (TPSA) is 43.8 Å². The highest BCUT2D eigenvalue weighted by atomic mass is 127. The number of nitrogens with one attached hydrogen (secondary N) is 1. The predicted molar refractivity (Wildman–Crippen MR) is 123 cm³/mol. The van der Waals surface area contributed by atoms with Crippen LogP contribution in [-0.2, 0) is 6.54 Å². The maximum absolute atomic E-state index is 4.66. The van der Waals surface area contributed by atoms with Gasteiger partial charge in [0.25, 0.3) is 0 Å². The first-order chi connectivity index (χ1) is 12.8. The van der Waals surface area contributed by atoms with Gasteiger partial charge in [0.15, 0.2) is 5.96 Å². The molecule has 5 nitrogen and oxygen atoms in total. The van der Waals surface area contributed by atoms with Crippen molar-refractivity contribution in [3.63, 3.8) is 0 Å². The molecular weight excluding hydrogens is 449 g/mol. The van der Waals surface area contributed by atoms with E-state index in [9.17, 15) is 0 Å². The molecule has 1 N–H and O–H groups in total. The van der Waals surface area contributed by atoms with E-state index in [-0.39, 0.29) is 24.0 Å². The van der Waals surface area contributed by atoms with Crippen molar-refractivity contribution in [1.82, 2.24) is 15.2 Å². The second-order valence-corrected chi connectivity index (χ2v) is 8.35. The fourth-order valence-electron chi connectivity index (χ4n) is 4.99. The van der Waals surface area contributed by atoms with Crippen LogP contribution in [0.5, 0.6) is 0 Å². The van der Waals surface area contributed by atoms with Gasteiger partial charge in [-0.1, -0.05) is 25.3 Å². The molecule has 1 spiro atoms. The molecule has 0 amide bonds. The molecule has 3 fully saturated rings. The van der Waals surface area contributed by atoms with Crippen molar-refractivity contribution in [3.8, 4) is 0 Å². The highest BCUT2D eigenvalue weighted by Crippen LogP contribution is 2.43. The largest absolute Gasteiger partial charge is 0.357 e. The average Bonchev–Trinajstić information content (AvgIpc) is 3.35. The molecule has 1 saturated carbocycles. The van der Waals surface area contributed by atoms with Crippen LogP contribution in [0.25, 0.3) is 0 Å². The van der Waals surface area contributed by atoms with Crippen LogP contribution in [0.15, 0.2) is 23.3 Å². The van der Waals surface area contributed by atoms with Gasteiger partial charge < -0.3 is 15.1 Å². The fraction of sp³-hybridized carbons (Fsp3) is 0.714. The van der Waals surface area contributed by atoms with Crippen LogP contribution in [0.2, 0.25) is 0 Å². The first kappa shape index (κ1) is 20.7. The quantitative estimate of drug-likeness (QED) is 0.401. The molecule has 1 aromatic heterocycles. The Morgan fingerprint density at radius 2 is 1.85 bits per heavy atom. The third kappa shape index (κ3) is 4.87. The van der Waals surface area contributed by atoms with Crippen LogP contribution in [0.3, 0.4) is 0 Å². The molecule has 0 bridgehead atoms. The average molecular weight is 483 g/mol. The Balaban J connectivity index is 0.00000210. The minimum atomic E-state index is 0. The number of aromatic nitrogens is 1. The van der Waals surface area contributed by atoms with Crippen molar-refractivity contribution >= 4 is 35.8 Å². The normalized spacial score (nSPS) is 22.2. The summed E-state index contributed by atoms with van der Waals surface area (Å²) in [6.07, 6.45) is 13.0. The first-order valence-corrected chi connectivity index (χ1v) is 10.4. The predicted octanol–water partition coefficient (Wildman–Crippen LogP) is 4.03. The Kier molecular flexibility index (Phi) is 7.22. The number of pyridine rings is 1. The highest BCUT2D eigenvalue weighted by Gasteiger charge is 2.39. The summed E-state index contributed by atoms with van der Waals surface area (Å²) in [5.74, 6) is 2.17. The van der Waals surface area contributed by atoms with E-state index in [1.807, 2.05) is 13.2 Å². The zero-order chi connectivity index (χ0) is 17.8. The van der Waals surface area contributed by atoms with Crippen molar-refractivity contribution in [1.29, 1.82) is 0 Å². The summed E-state index contributed by atoms with van der Waals surface area (Å²) in [5.41, 5.74) is 1.79. The maximum Gasteiger partial charge on any atom is 0.193 e. The third-order valence-electron chi connectivity index (χ3n) is 6.55. The minimum Gasteiger partial charge on any atom is -0.357 e. The molecule has 0 aromatic carbocycles. The summed E-state index contributed by atoms with van der Waals surface area (Å²) in [7, 11) is 1.91. The smallest absolute Gasteiger partial charge is 0.193 e. The van der Waals surface area contributed by atoms with Crippen LogP contribution < -0.4 is 10.2 Å². The van der Waals surface area contributed by atoms with Gasteiger partial charge in [0.05, 0.1) is 0 Å². The van der Waals surface area contributed by atoms with Gasteiger partial charge in [-0.2, -0.15) is 0 Å². The molecule has 3 aliphatic rings. The van der Waals surface area contributed by atoms with Crippen LogP contribution in [0, 0.1) is 5.41 Å². The summed E-state index contributed by atoms with van der Waals surface area (Å²) in [6, 6.07) is 4.37. The van der Waals surface area contributed by atoms with Gasteiger partial charge in [0, 0.05) is 46.0 Å². The fourth-order valence-corrected chi connectivity index (χ4v) is 4.99. The Bertz CT molecular complexity index is 618. The summed E-state index contributed by atoms with van der Waals surface area (Å²) < 4.78 is 0. The number of aliphatic imine (C=N–C) groups is 1. The van der Waals surface area contributed by atoms with E-state index in [1.54, 1.807) is 0 Å². The molecule has 0 radical (unpaired) electrons. The number of halogens is 1. The van der Waals surface area contributed by atoms with E-state index < -0.39 is 0 Å². The lowest BCUT2D eigenvalue weighted by atomic mass is 9.73. The van der Waals surface area contributed by atoms with E-state index in [2.05, 4.69) is 37.2 Å². The van der Waals surface area contributed by atoms with Crippen molar-refractivity contribution in [3.05, 3.63) is 23.9 Å². The number of nitrogens with zero attached hydrogens (tertiary/aromatic N) is 4. The second-order valence-electron chi connectivity index (χ2n) is 8.35. The first-order valence-electron chi connectivity index (χ1n) is 10.4. The van der Waals surface area contributed by atoms with E-state index in [0.29, 0.717) is 5.41 Å². The SMILES string of the molecule is CN=C(NCc1ccc(N2CCCC2)nc1)N1CCC2(CCCCC2)C1.I. The van der Waals surface area contributed by atoms with Crippen LogP contribution in [-0.4, -0.2) is 49.1 Å². The van der Waals surface area contributed by atoms with E-state index in [0.717, 1.165) is 38.0 Å². The van der Waals surface area contributed by atoms with Gasteiger partial charge in [-0.25, -0.2) is 4.98 Å². The molecule has 27 heavy (non-hydrogen) atoms. The third-order valence-corrected chi connectivity index (χ3v) is 6.55. The molecule has 0 unspecified atom stereocenters. The number of likely N-dealkylation sites (tertiary alicyclic amines) is 1. The molecule has 1 aromatic rings. The molecule has 1 aliphatic carbocycles. The van der Waals surface area contributed by atoms with Gasteiger partial charge in [-0.3, -0.25) is 4.99 Å². The van der Waals surface area contributed by atoms with Crippen molar-refractivity contribution < 1.29 is 0 Å². The van der Waals surface area contributed by atoms with Gasteiger partial charge in [-0.15, -0.1) is 24.0 Å². The Morgan fingerprint density at radius 3 is 2.52 bits per heavy atom. The Hall–Kier alpha value is -1.05. The number of hydrogen-bond donors (Lipinski definition) is 1. The van der Waals surface area contributed by atoms with Crippen LogP contribution >= 0.6 is 24.0 Å². The summed E-state index contributed by atoms with van der Waals surface area (Å²) in [6.45, 7) is 5.41. The van der Waals surface area contributed by atoms with Crippen molar-refractivity contribution in [2.45, 2.75) is 57.9 Å². The van der Waals surface area contributed by atoms with Crippen molar-refractivity contribution in [2.24, 2.45) is 10.4 Å². The lowest BCUT2D eigenvalue weighted by Crippen LogP contribution is -2.41. The Labute approximate surface area is 181 Å². The van der Waals surface area contributed by atoms with Gasteiger partial charge in [-0.05, 0) is 49.1 Å². The molecule has 6 heteroatoms. The van der Waals surface area contributed by atoms with Gasteiger partial charge in [0.2, 0.25) is 0 Å². The maximum atomic E-state index is 4.66. The van der Waals surface area contributed by atoms with Crippen molar-refractivity contribution in [2.75, 3.05) is 38.1 Å². The van der Waals surface area contributed by atoms with Crippen LogP contribution in [0.4, 0.5) is 5.82 Å².